The second-order valence-electron chi connectivity index (χ2n) is 0.610. The summed E-state index contributed by atoms with van der Waals surface area (Å²) in [5, 5.41) is 21.3. The van der Waals surface area contributed by atoms with Crippen LogP contribution in [-0.2, 0) is 26.7 Å². The van der Waals surface area contributed by atoms with Crippen molar-refractivity contribution in [3.8, 4) is 0 Å². The molecule has 9 heavy (non-hydrogen) atoms. The van der Waals surface area contributed by atoms with Crippen molar-refractivity contribution in [2.24, 2.45) is 5.90 Å². The molecule has 0 spiro atoms. The molecule has 0 aromatic rings. The van der Waals surface area contributed by atoms with E-state index in [9.17, 15) is 0 Å². The minimum Gasteiger partial charge on any atom is -0.473 e. The Hall–Kier alpha value is -0.621. The van der Waals surface area contributed by atoms with Crippen LogP contribution in [0.15, 0.2) is 0 Å². The Balaban J connectivity index is -0.000000109. The largest absolute Gasteiger partial charge is 0.473 e. The van der Waals surface area contributed by atoms with Crippen LogP contribution >= 0.6 is 0 Å². The number of rotatable bonds is 0. The predicted molar refractivity (Wildman–Crippen MR) is 21.2 cm³/mol. The number of hydrogen-bond donors (Lipinski definition) is 4. The summed E-state index contributed by atoms with van der Waals surface area (Å²) in [7, 11) is 0. The minimum atomic E-state index is -1.82. The average Bonchev–Trinajstić information content (AvgIpc) is 1.72. The van der Waals surface area contributed by atoms with E-state index < -0.39 is 11.9 Å². The second kappa shape index (κ2) is 10.4. The molecule has 0 heterocycles. The Morgan fingerprint density at radius 1 is 1.00 bits per heavy atom. The van der Waals surface area contributed by atoms with Crippen molar-refractivity contribution in [3.05, 3.63) is 0 Å². The van der Waals surface area contributed by atoms with Crippen LogP contribution in [0.25, 0.3) is 0 Å². The van der Waals surface area contributed by atoms with Crippen LogP contribution in [-0.4, -0.2) is 27.4 Å². The maximum atomic E-state index is 9.10. The summed E-state index contributed by atoms with van der Waals surface area (Å²) in [5.74, 6) is -0.148. The molecule has 0 unspecified atom stereocenters. The van der Waals surface area contributed by atoms with E-state index in [0.29, 0.717) is 0 Å². The van der Waals surface area contributed by atoms with Gasteiger partial charge in [0.25, 0.3) is 0 Å². The third kappa shape index (κ3) is 18.7. The third-order valence-corrected chi connectivity index (χ3v) is 0.183. The molecule has 0 aromatic heterocycles. The number of hydrogen-bond acceptors (Lipinski definition) is 4. The molecule has 0 amide bonds. The first kappa shape index (κ1) is 15.8. The fourth-order valence-electron chi connectivity index (χ4n) is 0. The zero-order valence-corrected chi connectivity index (χ0v) is 4.98. The van der Waals surface area contributed by atoms with Gasteiger partial charge >= 0.3 is 11.9 Å². The van der Waals surface area contributed by atoms with Gasteiger partial charge in [-0.15, -0.1) is 0 Å². The van der Waals surface area contributed by atoms with Crippen LogP contribution in [0.5, 0.6) is 0 Å². The molecular formula is C2H5CuNO5. The van der Waals surface area contributed by atoms with Gasteiger partial charge in [0.15, 0.2) is 0 Å². The molecule has 0 aliphatic heterocycles. The van der Waals surface area contributed by atoms with E-state index in [1.807, 2.05) is 0 Å². The topological polar surface area (TPSA) is 121 Å². The van der Waals surface area contributed by atoms with Gasteiger partial charge in [-0.1, -0.05) is 0 Å². The van der Waals surface area contributed by atoms with Crippen LogP contribution in [0.2, 0.25) is 0 Å². The Kier molecular flexibility index (Phi) is 18.2. The molecule has 0 atom stereocenters. The standard InChI is InChI=1S/C2H2O4.Cu.H3NO/c3-1(4)2(5)6;;1-2/h(H,3,4)(H,5,6);;2H,1H2. The predicted octanol–water partition coefficient (Wildman–Crippen LogP) is -1.51. The molecule has 0 rings (SSSR count). The van der Waals surface area contributed by atoms with Crippen molar-refractivity contribution in [1.29, 1.82) is 0 Å². The summed E-state index contributed by atoms with van der Waals surface area (Å²) in [6.07, 6.45) is 0. The van der Waals surface area contributed by atoms with Crippen LogP contribution in [0, 0.1) is 0 Å². The van der Waals surface area contributed by atoms with E-state index in [1.54, 1.807) is 0 Å². The van der Waals surface area contributed by atoms with Crippen molar-refractivity contribution in [2.75, 3.05) is 0 Å². The zero-order chi connectivity index (χ0) is 7.15. The first-order chi connectivity index (χ1) is 3.64. The van der Waals surface area contributed by atoms with E-state index in [-0.39, 0.29) is 17.1 Å². The van der Waals surface area contributed by atoms with E-state index in [4.69, 9.17) is 25.0 Å². The van der Waals surface area contributed by atoms with Gasteiger partial charge in [-0.25, -0.2) is 15.5 Å². The van der Waals surface area contributed by atoms with Crippen LogP contribution in [0.4, 0.5) is 0 Å². The molecule has 0 aliphatic carbocycles. The maximum Gasteiger partial charge on any atom is 0.414 e. The molecule has 0 aliphatic rings. The summed E-state index contributed by atoms with van der Waals surface area (Å²) in [6, 6.07) is 0. The molecule has 0 saturated heterocycles. The molecule has 7 heteroatoms. The van der Waals surface area contributed by atoms with Gasteiger partial charge in [0.2, 0.25) is 0 Å². The van der Waals surface area contributed by atoms with Gasteiger partial charge in [-0.2, -0.15) is 0 Å². The monoisotopic (exact) mass is 186 g/mol. The number of nitrogens with two attached hydrogens (primary N) is 1. The Labute approximate surface area is 60.7 Å². The fourth-order valence-corrected chi connectivity index (χ4v) is 0. The number of carboxylic acid groups (broad SMARTS) is 2. The van der Waals surface area contributed by atoms with E-state index in [0.717, 1.165) is 0 Å². The van der Waals surface area contributed by atoms with E-state index in [1.165, 1.54) is 0 Å². The average molecular weight is 187 g/mol. The summed E-state index contributed by atoms with van der Waals surface area (Å²) in [5.41, 5.74) is 0. The van der Waals surface area contributed by atoms with Crippen molar-refractivity contribution < 1.29 is 42.1 Å². The van der Waals surface area contributed by atoms with Gasteiger partial charge < -0.3 is 15.4 Å². The molecule has 0 fully saturated rings. The molecule has 6 nitrogen and oxygen atoms in total. The fraction of sp³-hybridized carbons (Fsp3) is 0. The Morgan fingerprint density at radius 2 is 1.11 bits per heavy atom. The minimum absolute atomic E-state index is 0. The molecule has 5 N–H and O–H groups in total. The zero-order valence-electron chi connectivity index (χ0n) is 4.04. The molecule has 0 aromatic carbocycles. The van der Waals surface area contributed by atoms with Gasteiger partial charge in [-0.3, -0.25) is 0 Å². The van der Waals surface area contributed by atoms with Crippen LogP contribution < -0.4 is 5.90 Å². The van der Waals surface area contributed by atoms with Crippen molar-refractivity contribution >= 4 is 11.9 Å². The van der Waals surface area contributed by atoms with Crippen LogP contribution in [0.3, 0.4) is 0 Å². The molecular weight excluding hydrogens is 182 g/mol. The number of carbonyl (C=O) groups is 2. The van der Waals surface area contributed by atoms with Gasteiger partial charge in [0.1, 0.15) is 0 Å². The normalized spacial score (nSPS) is 5.56. The molecule has 0 bridgehead atoms. The summed E-state index contributed by atoms with van der Waals surface area (Å²) in [6.45, 7) is 0. The van der Waals surface area contributed by atoms with Crippen molar-refractivity contribution in [3.63, 3.8) is 0 Å². The summed E-state index contributed by atoms with van der Waals surface area (Å²) in [4.78, 5) is 18.2. The Morgan fingerprint density at radius 3 is 1.11 bits per heavy atom. The Bertz CT molecular complexity index is 81.0. The van der Waals surface area contributed by atoms with Crippen molar-refractivity contribution in [1.82, 2.24) is 0 Å². The van der Waals surface area contributed by atoms with Crippen molar-refractivity contribution in [2.45, 2.75) is 0 Å². The quantitative estimate of drug-likeness (QED) is 0.207. The SMILES string of the molecule is NO.O=C(O)C(=O)O.[Cu]. The second-order valence-corrected chi connectivity index (χ2v) is 0.610. The van der Waals surface area contributed by atoms with Gasteiger partial charge in [0, 0.05) is 17.1 Å². The van der Waals surface area contributed by atoms with E-state index >= 15 is 0 Å². The number of carboxylic acids is 2. The first-order valence-electron chi connectivity index (χ1n) is 1.36. The first-order valence-corrected chi connectivity index (χ1v) is 1.36. The maximum absolute atomic E-state index is 9.10. The van der Waals surface area contributed by atoms with E-state index in [2.05, 4.69) is 5.90 Å². The third-order valence-electron chi connectivity index (χ3n) is 0.183. The summed E-state index contributed by atoms with van der Waals surface area (Å²) >= 11 is 0. The molecule has 0 saturated carbocycles. The van der Waals surface area contributed by atoms with Gasteiger partial charge in [0.05, 0.1) is 0 Å². The van der Waals surface area contributed by atoms with Crippen LogP contribution in [0.1, 0.15) is 0 Å². The molecule has 1 radical (unpaired) electrons. The number of aliphatic carboxylic acids is 2. The smallest absolute Gasteiger partial charge is 0.414 e. The molecule has 59 valence electrons. The van der Waals surface area contributed by atoms with Gasteiger partial charge in [-0.05, 0) is 0 Å². The summed E-state index contributed by atoms with van der Waals surface area (Å²) < 4.78 is 0.